The van der Waals surface area contributed by atoms with Crippen LogP contribution in [0.5, 0.6) is 0 Å². The van der Waals surface area contributed by atoms with Gasteiger partial charge in [-0.05, 0) is 37.1 Å². The van der Waals surface area contributed by atoms with Crippen molar-refractivity contribution in [2.75, 3.05) is 0 Å². The molecule has 0 aliphatic heterocycles. The van der Waals surface area contributed by atoms with Gasteiger partial charge in [-0.25, -0.2) is 4.98 Å². The van der Waals surface area contributed by atoms with Gasteiger partial charge >= 0.3 is 0 Å². The highest BCUT2D eigenvalue weighted by Gasteiger charge is 2.26. The summed E-state index contributed by atoms with van der Waals surface area (Å²) in [7, 11) is 0. The smallest absolute Gasteiger partial charge is 0.205 e. The first kappa shape index (κ1) is 13.8. The van der Waals surface area contributed by atoms with Gasteiger partial charge in [0.2, 0.25) is 5.89 Å². The Morgan fingerprint density at radius 3 is 2.86 bits per heavy atom. The van der Waals surface area contributed by atoms with E-state index in [2.05, 4.69) is 19.7 Å². The summed E-state index contributed by atoms with van der Waals surface area (Å²) >= 11 is 7.49. The molecule has 0 N–H and O–H groups in total. The van der Waals surface area contributed by atoms with Crippen LogP contribution in [0.3, 0.4) is 0 Å². The van der Waals surface area contributed by atoms with E-state index >= 15 is 0 Å². The molecule has 0 atom stereocenters. The van der Waals surface area contributed by atoms with Crippen molar-refractivity contribution in [3.05, 3.63) is 47.7 Å². The van der Waals surface area contributed by atoms with Gasteiger partial charge in [-0.15, -0.1) is 10.2 Å². The van der Waals surface area contributed by atoms with Crippen LogP contribution in [0, 0.1) is 0 Å². The minimum Gasteiger partial charge on any atom is -0.440 e. The number of thioether (sulfide) groups is 1. The van der Waals surface area contributed by atoms with Crippen molar-refractivity contribution in [3.63, 3.8) is 0 Å². The van der Waals surface area contributed by atoms with Crippen LogP contribution in [-0.2, 0) is 5.75 Å². The number of benzene rings is 1. The molecule has 0 spiro atoms. The lowest BCUT2D eigenvalue weighted by Crippen LogP contribution is -1.94. The number of hydrogen-bond acceptors (Lipinski definition) is 5. The molecule has 1 saturated carbocycles. The second kappa shape index (κ2) is 5.78. The van der Waals surface area contributed by atoms with E-state index in [0.29, 0.717) is 22.7 Å². The summed E-state index contributed by atoms with van der Waals surface area (Å²) in [5.74, 6) is 2.06. The molecule has 0 amide bonds. The van der Waals surface area contributed by atoms with Crippen LogP contribution in [0.1, 0.15) is 24.8 Å². The maximum Gasteiger partial charge on any atom is 0.205 e. The van der Waals surface area contributed by atoms with E-state index in [1.807, 2.05) is 24.3 Å². The zero-order chi connectivity index (χ0) is 14.9. The Bertz CT molecular complexity index is 779. The van der Waals surface area contributed by atoms with Crippen LogP contribution in [0.25, 0.3) is 11.3 Å². The summed E-state index contributed by atoms with van der Waals surface area (Å²) < 4.78 is 7.92. The molecular weight excluding hydrogens is 320 g/mol. The summed E-state index contributed by atoms with van der Waals surface area (Å²) in [5, 5.41) is 9.78. The Labute approximate surface area is 136 Å². The minimum absolute atomic E-state index is 0.576. The van der Waals surface area contributed by atoms with Crippen LogP contribution in [0.15, 0.2) is 46.4 Å². The van der Waals surface area contributed by atoms with Crippen molar-refractivity contribution >= 4 is 23.4 Å². The first-order valence-corrected chi connectivity index (χ1v) is 8.39. The molecule has 1 aromatic carbocycles. The maximum atomic E-state index is 5.89. The fourth-order valence-electron chi connectivity index (χ4n) is 2.19. The number of aromatic nitrogens is 4. The predicted octanol–water partition coefficient (Wildman–Crippen LogP) is 4.21. The number of rotatable bonds is 5. The number of nitrogens with zero attached hydrogens (tertiary/aromatic N) is 4. The summed E-state index contributed by atoms with van der Waals surface area (Å²) in [5.41, 5.74) is 0.967. The van der Waals surface area contributed by atoms with Gasteiger partial charge in [-0.2, -0.15) is 0 Å². The topological polar surface area (TPSA) is 56.7 Å². The molecule has 5 nitrogen and oxygen atoms in total. The lowest BCUT2D eigenvalue weighted by molar-refractivity contribution is 0.529. The van der Waals surface area contributed by atoms with Gasteiger partial charge in [-0.3, -0.25) is 0 Å². The molecule has 2 aromatic heterocycles. The predicted molar refractivity (Wildman–Crippen MR) is 84.8 cm³/mol. The Balaban J connectivity index is 1.45. The first-order chi connectivity index (χ1) is 10.8. The molecule has 7 heteroatoms. The lowest BCUT2D eigenvalue weighted by atomic mass is 10.2. The fraction of sp³-hybridized carbons (Fsp3) is 0.267. The standard InChI is InChI=1S/C15H13ClN4OS/c16-11-3-1-10(2-4-11)13-7-17-14(21-13)8-22-15-19-18-9-20(15)12-5-6-12/h1-4,7,9,12H,5-6,8H2. The molecule has 1 aliphatic rings. The van der Waals surface area contributed by atoms with Crippen LogP contribution in [0.2, 0.25) is 5.02 Å². The molecule has 4 rings (SSSR count). The third-order valence-corrected chi connectivity index (χ3v) is 4.68. The second-order valence-electron chi connectivity index (χ2n) is 5.17. The van der Waals surface area contributed by atoms with E-state index < -0.39 is 0 Å². The fourth-order valence-corrected chi connectivity index (χ4v) is 3.15. The van der Waals surface area contributed by atoms with Crippen molar-refractivity contribution in [3.8, 4) is 11.3 Å². The monoisotopic (exact) mass is 332 g/mol. The third kappa shape index (κ3) is 2.89. The number of halogens is 1. The van der Waals surface area contributed by atoms with E-state index in [1.54, 1.807) is 24.3 Å². The minimum atomic E-state index is 0.576. The zero-order valence-corrected chi connectivity index (χ0v) is 13.2. The number of oxazole rings is 1. The van der Waals surface area contributed by atoms with E-state index in [9.17, 15) is 0 Å². The highest BCUT2D eigenvalue weighted by molar-refractivity contribution is 7.98. The van der Waals surface area contributed by atoms with Crippen molar-refractivity contribution in [2.45, 2.75) is 29.8 Å². The summed E-state index contributed by atoms with van der Waals surface area (Å²) in [4.78, 5) is 4.33. The quantitative estimate of drug-likeness (QED) is 0.655. The Morgan fingerprint density at radius 2 is 2.09 bits per heavy atom. The largest absolute Gasteiger partial charge is 0.440 e. The normalized spacial score (nSPS) is 14.4. The average Bonchev–Trinajstić information content (AvgIpc) is 3.09. The SMILES string of the molecule is Clc1ccc(-c2cnc(CSc3nncn3C3CC3)o2)cc1. The molecule has 22 heavy (non-hydrogen) atoms. The van der Waals surface area contributed by atoms with Gasteiger partial charge < -0.3 is 8.98 Å². The van der Waals surface area contributed by atoms with Gasteiger partial charge in [0.15, 0.2) is 10.9 Å². The Hall–Kier alpha value is -1.79. The van der Waals surface area contributed by atoms with Gasteiger partial charge in [0, 0.05) is 16.6 Å². The molecule has 1 fully saturated rings. The molecule has 0 radical (unpaired) electrons. The molecule has 0 saturated heterocycles. The van der Waals surface area contributed by atoms with Crippen LogP contribution < -0.4 is 0 Å². The van der Waals surface area contributed by atoms with Crippen molar-refractivity contribution in [2.24, 2.45) is 0 Å². The van der Waals surface area contributed by atoms with E-state index in [4.69, 9.17) is 16.0 Å². The van der Waals surface area contributed by atoms with Gasteiger partial charge in [0.1, 0.15) is 6.33 Å². The van der Waals surface area contributed by atoms with Crippen LogP contribution >= 0.6 is 23.4 Å². The van der Waals surface area contributed by atoms with E-state index in [-0.39, 0.29) is 0 Å². The van der Waals surface area contributed by atoms with Crippen molar-refractivity contribution in [1.29, 1.82) is 0 Å². The van der Waals surface area contributed by atoms with E-state index in [1.165, 1.54) is 12.8 Å². The zero-order valence-electron chi connectivity index (χ0n) is 11.6. The molecule has 2 heterocycles. The van der Waals surface area contributed by atoms with Crippen molar-refractivity contribution < 1.29 is 4.42 Å². The highest BCUT2D eigenvalue weighted by Crippen LogP contribution is 2.37. The van der Waals surface area contributed by atoms with Crippen LogP contribution in [-0.4, -0.2) is 19.7 Å². The molecular formula is C15H13ClN4OS. The van der Waals surface area contributed by atoms with Gasteiger partial charge in [-0.1, -0.05) is 23.4 Å². The lowest BCUT2D eigenvalue weighted by Gasteiger charge is -2.02. The van der Waals surface area contributed by atoms with Gasteiger partial charge in [0.25, 0.3) is 0 Å². The maximum absolute atomic E-state index is 5.89. The Morgan fingerprint density at radius 1 is 1.27 bits per heavy atom. The summed E-state index contributed by atoms with van der Waals surface area (Å²) in [6.07, 6.45) is 5.97. The molecule has 3 aromatic rings. The van der Waals surface area contributed by atoms with Crippen LogP contribution in [0.4, 0.5) is 0 Å². The average molecular weight is 333 g/mol. The highest BCUT2D eigenvalue weighted by atomic mass is 35.5. The summed E-state index contributed by atoms with van der Waals surface area (Å²) in [6.45, 7) is 0. The third-order valence-electron chi connectivity index (χ3n) is 3.49. The second-order valence-corrected chi connectivity index (χ2v) is 6.54. The first-order valence-electron chi connectivity index (χ1n) is 7.02. The molecule has 0 bridgehead atoms. The molecule has 112 valence electrons. The molecule has 1 aliphatic carbocycles. The van der Waals surface area contributed by atoms with Crippen molar-refractivity contribution in [1.82, 2.24) is 19.7 Å². The van der Waals surface area contributed by atoms with E-state index in [0.717, 1.165) is 16.5 Å². The summed E-state index contributed by atoms with van der Waals surface area (Å²) in [6, 6.07) is 8.09. The number of hydrogen-bond donors (Lipinski definition) is 0. The van der Waals surface area contributed by atoms with Gasteiger partial charge in [0.05, 0.1) is 11.9 Å². The molecule has 0 unspecified atom stereocenters. The Kier molecular flexibility index (Phi) is 3.63.